The Hall–Kier alpha value is -2.65. The fourth-order valence-electron chi connectivity index (χ4n) is 2.78. The maximum atomic E-state index is 13.6. The summed E-state index contributed by atoms with van der Waals surface area (Å²) in [7, 11) is 1.36. The summed E-state index contributed by atoms with van der Waals surface area (Å²) in [6.07, 6.45) is -0.213. The monoisotopic (exact) mass is 439 g/mol. The van der Waals surface area contributed by atoms with Gasteiger partial charge in [-0.1, -0.05) is 17.7 Å². The van der Waals surface area contributed by atoms with E-state index >= 15 is 0 Å². The molecule has 0 radical (unpaired) electrons. The van der Waals surface area contributed by atoms with Gasteiger partial charge >= 0.3 is 0 Å². The molecule has 2 unspecified atom stereocenters. The van der Waals surface area contributed by atoms with Crippen molar-refractivity contribution in [3.05, 3.63) is 58.6 Å². The molecule has 10 heteroatoms. The van der Waals surface area contributed by atoms with Gasteiger partial charge in [0.2, 0.25) is 17.7 Å². The highest BCUT2D eigenvalue weighted by molar-refractivity contribution is 8.01. The molecular weight excluding hydrogens is 424 g/mol. The second-order valence-electron chi connectivity index (χ2n) is 6.23. The van der Waals surface area contributed by atoms with Crippen LogP contribution in [0.1, 0.15) is 18.0 Å². The Morgan fingerprint density at radius 1 is 1.21 bits per heavy atom. The molecule has 0 saturated heterocycles. The molecule has 0 saturated carbocycles. The largest absolute Gasteiger partial charge is 0.357 e. The molecule has 1 heterocycles. The molecular formula is C19H16ClF2N3O3S. The van der Waals surface area contributed by atoms with Gasteiger partial charge in [-0.25, -0.2) is 8.78 Å². The van der Waals surface area contributed by atoms with Crippen LogP contribution in [0.25, 0.3) is 0 Å². The molecule has 3 amide bonds. The van der Waals surface area contributed by atoms with Crippen molar-refractivity contribution in [3.63, 3.8) is 0 Å². The quantitative estimate of drug-likeness (QED) is 0.668. The number of carbonyl (C=O) groups is 3. The first kappa shape index (κ1) is 21.1. The topological polar surface area (TPSA) is 87.3 Å². The molecule has 0 aliphatic carbocycles. The molecule has 0 fully saturated rings. The summed E-state index contributed by atoms with van der Waals surface area (Å²) in [5, 5.41) is 7.29. The predicted octanol–water partition coefficient (Wildman–Crippen LogP) is 3.02. The van der Waals surface area contributed by atoms with E-state index in [-0.39, 0.29) is 17.9 Å². The van der Waals surface area contributed by atoms with Gasteiger partial charge < -0.3 is 16.0 Å². The van der Waals surface area contributed by atoms with E-state index in [0.717, 1.165) is 17.0 Å². The maximum Gasteiger partial charge on any atom is 0.246 e. The summed E-state index contributed by atoms with van der Waals surface area (Å²) in [5.74, 6) is -3.77. The number of amides is 3. The number of nitrogens with one attached hydrogen (secondary N) is 3. The Balaban J connectivity index is 1.73. The Morgan fingerprint density at radius 3 is 2.66 bits per heavy atom. The molecule has 152 valence electrons. The van der Waals surface area contributed by atoms with Gasteiger partial charge in [0.25, 0.3) is 0 Å². The van der Waals surface area contributed by atoms with Crippen LogP contribution >= 0.6 is 23.4 Å². The second kappa shape index (κ2) is 8.79. The molecule has 6 nitrogen and oxygen atoms in total. The third-order valence-corrected chi connectivity index (χ3v) is 5.73. The van der Waals surface area contributed by atoms with Crippen molar-refractivity contribution in [1.29, 1.82) is 0 Å². The molecule has 0 spiro atoms. The summed E-state index contributed by atoms with van der Waals surface area (Å²) < 4.78 is 26.7. The van der Waals surface area contributed by atoms with Crippen LogP contribution in [0, 0.1) is 11.6 Å². The highest BCUT2D eigenvalue weighted by atomic mass is 35.5. The van der Waals surface area contributed by atoms with Crippen molar-refractivity contribution in [2.75, 3.05) is 12.4 Å². The number of fused-ring (bicyclic) bond motifs is 1. The van der Waals surface area contributed by atoms with Crippen molar-refractivity contribution >= 4 is 46.8 Å². The number of likely N-dealkylation sites (N-methyl/N-ethyl adjacent to an activating group) is 1. The van der Waals surface area contributed by atoms with Crippen molar-refractivity contribution in [1.82, 2.24) is 10.6 Å². The van der Waals surface area contributed by atoms with Gasteiger partial charge in [0, 0.05) is 23.4 Å². The molecule has 2 aromatic rings. The van der Waals surface area contributed by atoms with E-state index in [0.29, 0.717) is 10.7 Å². The number of benzene rings is 2. The van der Waals surface area contributed by atoms with E-state index in [2.05, 4.69) is 16.0 Å². The molecule has 1 aliphatic rings. The van der Waals surface area contributed by atoms with Gasteiger partial charge in [-0.05, 0) is 35.9 Å². The number of carbonyl (C=O) groups excluding carboxylic acids is 3. The van der Waals surface area contributed by atoms with Crippen LogP contribution in [0.3, 0.4) is 0 Å². The molecule has 29 heavy (non-hydrogen) atoms. The Bertz CT molecular complexity index is 989. The van der Waals surface area contributed by atoms with E-state index < -0.39 is 34.7 Å². The van der Waals surface area contributed by atoms with E-state index in [9.17, 15) is 23.2 Å². The summed E-state index contributed by atoms with van der Waals surface area (Å²) in [6.45, 7) is 0. The van der Waals surface area contributed by atoms with Gasteiger partial charge in [-0.15, -0.1) is 11.8 Å². The van der Waals surface area contributed by atoms with Gasteiger partial charge in [-0.3, -0.25) is 14.4 Å². The first-order valence-electron chi connectivity index (χ1n) is 8.51. The fraction of sp³-hybridized carbons (Fsp3) is 0.211. The van der Waals surface area contributed by atoms with Crippen molar-refractivity contribution in [2.24, 2.45) is 0 Å². The van der Waals surface area contributed by atoms with Crippen LogP contribution in [0.4, 0.5) is 14.5 Å². The van der Waals surface area contributed by atoms with Crippen molar-refractivity contribution in [3.8, 4) is 0 Å². The minimum absolute atomic E-state index is 0.0809. The lowest BCUT2D eigenvalue weighted by Crippen LogP contribution is -2.41. The lowest BCUT2D eigenvalue weighted by molar-refractivity contribution is -0.129. The van der Waals surface area contributed by atoms with Crippen LogP contribution < -0.4 is 16.0 Å². The molecule has 1 aliphatic heterocycles. The van der Waals surface area contributed by atoms with Crippen LogP contribution in [0.15, 0.2) is 41.3 Å². The molecule has 2 aromatic carbocycles. The number of anilines is 1. The lowest BCUT2D eigenvalue weighted by Gasteiger charge is -2.25. The minimum Gasteiger partial charge on any atom is -0.357 e. The van der Waals surface area contributed by atoms with Gasteiger partial charge in [-0.2, -0.15) is 0 Å². The normalized spacial score (nSPS) is 16.4. The summed E-state index contributed by atoms with van der Waals surface area (Å²) >= 11 is 7.11. The number of halogens is 3. The highest BCUT2D eigenvalue weighted by Gasteiger charge is 2.31. The van der Waals surface area contributed by atoms with Crippen LogP contribution in [-0.4, -0.2) is 30.0 Å². The average molecular weight is 440 g/mol. The second-order valence-corrected chi connectivity index (χ2v) is 7.91. The van der Waals surface area contributed by atoms with Crippen LogP contribution in [0.2, 0.25) is 5.02 Å². The van der Waals surface area contributed by atoms with Crippen LogP contribution in [-0.2, 0) is 14.4 Å². The predicted molar refractivity (Wildman–Crippen MR) is 106 cm³/mol. The zero-order valence-electron chi connectivity index (χ0n) is 15.1. The first-order chi connectivity index (χ1) is 13.8. The highest BCUT2D eigenvalue weighted by Crippen LogP contribution is 2.38. The maximum absolute atomic E-state index is 13.6. The average Bonchev–Trinajstić information content (AvgIpc) is 2.68. The summed E-state index contributed by atoms with van der Waals surface area (Å²) in [6, 6.07) is 6.72. The summed E-state index contributed by atoms with van der Waals surface area (Å²) in [4.78, 5) is 37.7. The van der Waals surface area contributed by atoms with E-state index in [1.54, 1.807) is 18.2 Å². The fourth-order valence-corrected chi connectivity index (χ4v) is 4.04. The number of hydrogen-bond donors (Lipinski definition) is 3. The molecule has 2 atom stereocenters. The zero-order chi connectivity index (χ0) is 21.1. The number of hydrogen-bond acceptors (Lipinski definition) is 4. The van der Waals surface area contributed by atoms with Gasteiger partial charge in [0.15, 0.2) is 11.6 Å². The van der Waals surface area contributed by atoms with E-state index in [4.69, 9.17) is 11.6 Å². The lowest BCUT2D eigenvalue weighted by atomic mass is 10.1. The minimum atomic E-state index is -1.23. The van der Waals surface area contributed by atoms with Crippen LogP contribution in [0.5, 0.6) is 0 Å². The third-order valence-electron chi connectivity index (χ3n) is 4.22. The standard InChI is InChI=1S/C19H16ClF2N3O3S/c1-23-19(28)17(9-2-4-11(21)12(22)6-9)25-16(26)8-15-18(27)24-13-7-10(20)3-5-14(13)29-15/h2-7,15,17H,8H2,1H3,(H,23,28)(H,24,27)(H,25,26). The first-order valence-corrected chi connectivity index (χ1v) is 9.77. The van der Waals surface area contributed by atoms with E-state index in [1.165, 1.54) is 24.9 Å². The molecule has 3 rings (SSSR count). The molecule has 0 aromatic heterocycles. The van der Waals surface area contributed by atoms with Crippen molar-refractivity contribution in [2.45, 2.75) is 22.6 Å². The number of thioether (sulfide) groups is 1. The number of rotatable bonds is 5. The Morgan fingerprint density at radius 2 is 1.97 bits per heavy atom. The Labute approximate surface area is 174 Å². The van der Waals surface area contributed by atoms with Gasteiger partial charge in [0.05, 0.1) is 10.9 Å². The van der Waals surface area contributed by atoms with E-state index in [1.807, 2.05) is 0 Å². The van der Waals surface area contributed by atoms with Crippen molar-refractivity contribution < 1.29 is 23.2 Å². The molecule has 0 bridgehead atoms. The van der Waals surface area contributed by atoms with Gasteiger partial charge in [0.1, 0.15) is 6.04 Å². The molecule has 3 N–H and O–H groups in total. The SMILES string of the molecule is CNC(=O)C(NC(=O)CC1Sc2ccc(Cl)cc2NC1=O)c1ccc(F)c(F)c1. The third kappa shape index (κ3) is 4.86. The smallest absolute Gasteiger partial charge is 0.246 e. The zero-order valence-corrected chi connectivity index (χ0v) is 16.7. The summed E-state index contributed by atoms with van der Waals surface area (Å²) in [5.41, 5.74) is 0.645. The Kier molecular flexibility index (Phi) is 6.39.